The molecule has 0 aliphatic heterocycles. The molecule has 0 unspecified atom stereocenters. The highest BCUT2D eigenvalue weighted by atomic mass is 32.2. The van der Waals surface area contributed by atoms with E-state index in [1.165, 1.54) is 0 Å². The average molecular weight is 319 g/mol. The standard InChI is InChI=1S/C17H21NO3S/c1-4-11-18-16(19)17(9-5-6-10-17)22(20,21)15-8-7-13(2)14(3)12-15/h1,7-8,12H,5-6,9-11H2,2-3H3,(H,18,19). The Morgan fingerprint density at radius 2 is 1.91 bits per heavy atom. The fourth-order valence-corrected chi connectivity index (χ4v) is 5.14. The SMILES string of the molecule is C#CCNC(=O)C1(S(=O)(=O)c2ccc(C)c(C)c2)CCCC1. The normalized spacial score (nSPS) is 17.0. The Morgan fingerprint density at radius 1 is 1.27 bits per heavy atom. The zero-order valence-electron chi connectivity index (χ0n) is 13.0. The van der Waals surface area contributed by atoms with Crippen LogP contribution in [0.4, 0.5) is 0 Å². The van der Waals surface area contributed by atoms with Gasteiger partial charge in [0.1, 0.15) is 0 Å². The van der Waals surface area contributed by atoms with Gasteiger partial charge < -0.3 is 5.32 Å². The molecule has 1 aromatic carbocycles. The molecule has 1 amide bonds. The van der Waals surface area contributed by atoms with Crippen LogP contribution in [0.1, 0.15) is 36.8 Å². The van der Waals surface area contributed by atoms with E-state index in [-0.39, 0.29) is 11.4 Å². The Bertz CT molecular complexity index is 723. The number of nitrogens with one attached hydrogen (secondary N) is 1. The van der Waals surface area contributed by atoms with Gasteiger partial charge in [0, 0.05) is 0 Å². The highest BCUT2D eigenvalue weighted by Crippen LogP contribution is 2.41. The van der Waals surface area contributed by atoms with Crippen LogP contribution in [0.2, 0.25) is 0 Å². The van der Waals surface area contributed by atoms with Gasteiger partial charge in [-0.1, -0.05) is 24.8 Å². The van der Waals surface area contributed by atoms with Crippen molar-refractivity contribution in [1.29, 1.82) is 0 Å². The van der Waals surface area contributed by atoms with Gasteiger partial charge in [0.05, 0.1) is 11.4 Å². The maximum Gasteiger partial charge on any atom is 0.242 e. The number of aryl methyl sites for hydroxylation is 2. The van der Waals surface area contributed by atoms with E-state index in [1.54, 1.807) is 18.2 Å². The Morgan fingerprint density at radius 3 is 2.45 bits per heavy atom. The number of sulfone groups is 1. The second kappa shape index (κ2) is 6.13. The van der Waals surface area contributed by atoms with Gasteiger partial charge in [-0.3, -0.25) is 4.79 Å². The summed E-state index contributed by atoms with van der Waals surface area (Å²) in [5, 5.41) is 2.56. The molecule has 1 fully saturated rings. The zero-order chi connectivity index (χ0) is 16.4. The number of hydrogen-bond donors (Lipinski definition) is 1. The summed E-state index contributed by atoms with van der Waals surface area (Å²) < 4.78 is 24.8. The lowest BCUT2D eigenvalue weighted by Gasteiger charge is -2.27. The van der Waals surface area contributed by atoms with Gasteiger partial charge >= 0.3 is 0 Å². The summed E-state index contributed by atoms with van der Waals surface area (Å²) in [4.78, 5) is 12.7. The van der Waals surface area contributed by atoms with Crippen molar-refractivity contribution < 1.29 is 13.2 Å². The van der Waals surface area contributed by atoms with Crippen molar-refractivity contribution in [3.8, 4) is 12.3 Å². The molecule has 22 heavy (non-hydrogen) atoms. The van der Waals surface area contributed by atoms with Crippen molar-refractivity contribution >= 4 is 15.7 Å². The number of carbonyl (C=O) groups is 1. The Balaban J connectivity index is 2.49. The number of hydrogen-bond acceptors (Lipinski definition) is 3. The van der Waals surface area contributed by atoms with Crippen LogP contribution in [0.5, 0.6) is 0 Å². The summed E-state index contributed by atoms with van der Waals surface area (Å²) in [6.07, 6.45) is 7.31. The molecule has 1 aliphatic carbocycles. The van der Waals surface area contributed by atoms with E-state index in [0.29, 0.717) is 12.8 Å². The van der Waals surface area contributed by atoms with Gasteiger partial charge in [0.2, 0.25) is 5.91 Å². The first-order chi connectivity index (χ1) is 10.3. The predicted molar refractivity (Wildman–Crippen MR) is 86.1 cm³/mol. The molecule has 0 atom stereocenters. The van der Waals surface area contributed by atoms with Crippen molar-refractivity contribution in [2.75, 3.05) is 6.54 Å². The smallest absolute Gasteiger partial charge is 0.242 e. The summed E-state index contributed by atoms with van der Waals surface area (Å²) in [6.45, 7) is 3.84. The number of amides is 1. The summed E-state index contributed by atoms with van der Waals surface area (Å²) in [7, 11) is -3.75. The average Bonchev–Trinajstić information content (AvgIpc) is 2.98. The molecule has 0 aromatic heterocycles. The fourth-order valence-electron chi connectivity index (χ4n) is 2.96. The second-order valence-corrected chi connectivity index (χ2v) is 8.10. The van der Waals surface area contributed by atoms with Crippen LogP contribution >= 0.6 is 0 Å². The van der Waals surface area contributed by atoms with Crippen molar-refractivity contribution in [3.05, 3.63) is 29.3 Å². The maximum absolute atomic E-state index is 13.1. The van der Waals surface area contributed by atoms with E-state index in [1.807, 2.05) is 13.8 Å². The van der Waals surface area contributed by atoms with E-state index < -0.39 is 20.5 Å². The number of benzene rings is 1. The molecule has 2 rings (SSSR count). The third kappa shape index (κ3) is 2.64. The van der Waals surface area contributed by atoms with E-state index in [2.05, 4.69) is 11.2 Å². The van der Waals surface area contributed by atoms with Crippen LogP contribution in [-0.2, 0) is 14.6 Å². The van der Waals surface area contributed by atoms with Gasteiger partial charge in [0.15, 0.2) is 14.6 Å². The molecule has 0 heterocycles. The van der Waals surface area contributed by atoms with E-state index in [0.717, 1.165) is 24.0 Å². The van der Waals surface area contributed by atoms with Gasteiger partial charge in [-0.25, -0.2) is 8.42 Å². The lowest BCUT2D eigenvalue weighted by Crippen LogP contribution is -2.50. The van der Waals surface area contributed by atoms with Crippen LogP contribution < -0.4 is 5.32 Å². The molecular formula is C17H21NO3S. The van der Waals surface area contributed by atoms with Crippen molar-refractivity contribution in [2.45, 2.75) is 49.2 Å². The number of carbonyl (C=O) groups excluding carboxylic acids is 1. The molecule has 4 nitrogen and oxygen atoms in total. The summed E-state index contributed by atoms with van der Waals surface area (Å²) in [6, 6.07) is 5.02. The minimum atomic E-state index is -3.75. The molecule has 1 aromatic rings. The van der Waals surface area contributed by atoms with E-state index in [4.69, 9.17) is 6.42 Å². The van der Waals surface area contributed by atoms with Gasteiger partial charge in [0.25, 0.3) is 0 Å². The third-order valence-electron chi connectivity index (χ3n) is 4.48. The van der Waals surface area contributed by atoms with E-state index >= 15 is 0 Å². The summed E-state index contributed by atoms with van der Waals surface area (Å²) in [5.74, 6) is 1.85. The van der Waals surface area contributed by atoms with Gasteiger partial charge in [-0.05, 0) is 49.9 Å². The number of terminal acetylenes is 1. The lowest BCUT2D eigenvalue weighted by molar-refractivity contribution is -0.123. The minimum Gasteiger partial charge on any atom is -0.344 e. The first kappa shape index (κ1) is 16.6. The van der Waals surface area contributed by atoms with E-state index in [9.17, 15) is 13.2 Å². The van der Waals surface area contributed by atoms with Crippen LogP contribution in [0.25, 0.3) is 0 Å². The predicted octanol–water partition coefficient (Wildman–Crippen LogP) is 2.14. The molecule has 1 N–H and O–H groups in total. The second-order valence-electron chi connectivity index (χ2n) is 5.84. The third-order valence-corrected chi connectivity index (χ3v) is 6.98. The molecule has 118 valence electrons. The maximum atomic E-state index is 13.1. The highest BCUT2D eigenvalue weighted by molar-refractivity contribution is 7.93. The minimum absolute atomic E-state index is 0.0447. The van der Waals surface area contributed by atoms with Crippen LogP contribution in [0.15, 0.2) is 23.1 Å². The summed E-state index contributed by atoms with van der Waals surface area (Å²) in [5.41, 5.74) is 1.93. The largest absolute Gasteiger partial charge is 0.344 e. The molecule has 0 radical (unpaired) electrons. The molecule has 0 saturated heterocycles. The fraction of sp³-hybridized carbons (Fsp3) is 0.471. The quantitative estimate of drug-likeness (QED) is 0.865. The molecular weight excluding hydrogens is 298 g/mol. The molecule has 5 heteroatoms. The first-order valence-electron chi connectivity index (χ1n) is 7.39. The van der Waals surface area contributed by atoms with Crippen LogP contribution in [-0.4, -0.2) is 25.6 Å². The Hall–Kier alpha value is -1.80. The lowest BCUT2D eigenvalue weighted by atomic mass is 10.1. The van der Waals surface area contributed by atoms with Crippen molar-refractivity contribution in [3.63, 3.8) is 0 Å². The van der Waals surface area contributed by atoms with Crippen molar-refractivity contribution in [1.82, 2.24) is 5.32 Å². The Kier molecular flexibility index (Phi) is 4.62. The highest BCUT2D eigenvalue weighted by Gasteiger charge is 2.52. The molecule has 0 spiro atoms. The molecule has 1 saturated carbocycles. The monoisotopic (exact) mass is 319 g/mol. The Labute approximate surface area is 132 Å². The van der Waals surface area contributed by atoms with Crippen LogP contribution in [0, 0.1) is 26.2 Å². The topological polar surface area (TPSA) is 63.2 Å². The summed E-state index contributed by atoms with van der Waals surface area (Å²) >= 11 is 0. The molecule has 1 aliphatic rings. The van der Waals surface area contributed by atoms with Crippen LogP contribution in [0.3, 0.4) is 0 Å². The molecule has 0 bridgehead atoms. The van der Waals surface area contributed by atoms with Gasteiger partial charge in [-0.15, -0.1) is 6.42 Å². The van der Waals surface area contributed by atoms with Crippen molar-refractivity contribution in [2.24, 2.45) is 0 Å². The number of rotatable bonds is 4. The zero-order valence-corrected chi connectivity index (χ0v) is 13.8. The van der Waals surface area contributed by atoms with Gasteiger partial charge in [-0.2, -0.15) is 0 Å². The first-order valence-corrected chi connectivity index (χ1v) is 8.87.